The highest BCUT2D eigenvalue weighted by atomic mass is 16.5. The Labute approximate surface area is 120 Å². The molecule has 0 bridgehead atoms. The first kappa shape index (κ1) is 15.7. The van der Waals surface area contributed by atoms with E-state index in [1.807, 2.05) is 6.92 Å². The van der Waals surface area contributed by atoms with Crippen LogP contribution in [0.3, 0.4) is 0 Å². The molecule has 1 heterocycles. The number of hydrogen-bond donors (Lipinski definition) is 2. The number of ether oxygens (including phenoxy) is 1. The smallest absolute Gasteiger partial charge is 0.308 e. The van der Waals surface area contributed by atoms with Crippen molar-refractivity contribution < 1.29 is 19.7 Å². The Kier molecular flexibility index (Phi) is 5.41. The van der Waals surface area contributed by atoms with Gasteiger partial charge in [0.1, 0.15) is 0 Å². The van der Waals surface area contributed by atoms with Crippen molar-refractivity contribution in [3.8, 4) is 0 Å². The first-order chi connectivity index (χ1) is 9.58. The lowest BCUT2D eigenvalue weighted by molar-refractivity contribution is -0.151. The normalized spacial score (nSPS) is 35.1. The molecule has 2 fully saturated rings. The van der Waals surface area contributed by atoms with E-state index in [1.165, 1.54) is 0 Å². The Morgan fingerprint density at radius 2 is 2.05 bits per heavy atom. The molecule has 0 aromatic heterocycles. The molecular formula is C15H27NO4. The molecule has 1 saturated heterocycles. The van der Waals surface area contributed by atoms with Crippen LogP contribution in [-0.4, -0.2) is 59.0 Å². The number of rotatable bonds is 5. The molecule has 0 spiro atoms. The van der Waals surface area contributed by atoms with Gasteiger partial charge in [-0.3, -0.25) is 9.69 Å². The Hall–Kier alpha value is -0.650. The molecule has 1 unspecified atom stereocenters. The van der Waals surface area contributed by atoms with E-state index < -0.39 is 5.60 Å². The maximum Gasteiger partial charge on any atom is 0.308 e. The number of carbonyl (C=O) groups excluding carboxylic acids is 1. The van der Waals surface area contributed by atoms with Gasteiger partial charge < -0.3 is 14.9 Å². The predicted molar refractivity (Wildman–Crippen MR) is 75.2 cm³/mol. The number of carbonyl (C=O) groups is 1. The van der Waals surface area contributed by atoms with Gasteiger partial charge in [0.25, 0.3) is 0 Å². The Morgan fingerprint density at radius 3 is 2.65 bits per heavy atom. The molecule has 116 valence electrons. The fourth-order valence-corrected chi connectivity index (χ4v) is 3.50. The first-order valence-corrected chi connectivity index (χ1v) is 7.82. The SMILES string of the molecule is CCOC(=O)C1CCC(O)(CN2CCCC2CO)CC1. The molecule has 20 heavy (non-hydrogen) atoms. The fourth-order valence-electron chi connectivity index (χ4n) is 3.50. The van der Waals surface area contributed by atoms with E-state index in [4.69, 9.17) is 4.74 Å². The lowest BCUT2D eigenvalue weighted by Gasteiger charge is -2.39. The van der Waals surface area contributed by atoms with Crippen LogP contribution >= 0.6 is 0 Å². The van der Waals surface area contributed by atoms with Gasteiger partial charge in [-0.05, 0) is 52.0 Å². The van der Waals surface area contributed by atoms with Crippen molar-refractivity contribution in [1.82, 2.24) is 4.90 Å². The number of likely N-dealkylation sites (tertiary alicyclic amines) is 1. The highest BCUT2D eigenvalue weighted by Crippen LogP contribution is 2.34. The second kappa shape index (κ2) is 6.87. The minimum atomic E-state index is -0.708. The highest BCUT2D eigenvalue weighted by molar-refractivity contribution is 5.72. The largest absolute Gasteiger partial charge is 0.466 e. The lowest BCUT2D eigenvalue weighted by atomic mass is 9.78. The third-order valence-electron chi connectivity index (χ3n) is 4.74. The zero-order valence-corrected chi connectivity index (χ0v) is 12.4. The molecule has 1 aliphatic carbocycles. The molecule has 1 aliphatic heterocycles. The molecule has 2 rings (SSSR count). The van der Waals surface area contributed by atoms with Crippen LogP contribution in [0.2, 0.25) is 0 Å². The number of esters is 1. The van der Waals surface area contributed by atoms with Crippen LogP contribution in [0, 0.1) is 5.92 Å². The molecule has 2 N–H and O–H groups in total. The molecule has 5 nitrogen and oxygen atoms in total. The van der Waals surface area contributed by atoms with Crippen LogP contribution in [0.5, 0.6) is 0 Å². The van der Waals surface area contributed by atoms with Crippen molar-refractivity contribution in [1.29, 1.82) is 0 Å². The van der Waals surface area contributed by atoms with Gasteiger partial charge in [-0.1, -0.05) is 0 Å². The van der Waals surface area contributed by atoms with Gasteiger partial charge in [-0.2, -0.15) is 0 Å². The average molecular weight is 285 g/mol. The second-order valence-electron chi connectivity index (χ2n) is 6.20. The Bertz CT molecular complexity index is 326. The van der Waals surface area contributed by atoms with Gasteiger partial charge in [-0.15, -0.1) is 0 Å². The molecule has 1 atom stereocenters. The zero-order chi connectivity index (χ0) is 14.6. The quantitative estimate of drug-likeness (QED) is 0.735. The van der Waals surface area contributed by atoms with E-state index in [9.17, 15) is 15.0 Å². The van der Waals surface area contributed by atoms with Crippen molar-refractivity contribution in [3.63, 3.8) is 0 Å². The van der Waals surface area contributed by atoms with Crippen LogP contribution in [0.15, 0.2) is 0 Å². The van der Waals surface area contributed by atoms with Gasteiger partial charge >= 0.3 is 5.97 Å². The van der Waals surface area contributed by atoms with E-state index in [0.29, 0.717) is 38.8 Å². The van der Waals surface area contributed by atoms with Gasteiger partial charge in [-0.25, -0.2) is 0 Å². The van der Waals surface area contributed by atoms with Crippen LogP contribution in [0.4, 0.5) is 0 Å². The number of aliphatic hydroxyl groups is 2. The van der Waals surface area contributed by atoms with E-state index in [1.54, 1.807) is 0 Å². The van der Waals surface area contributed by atoms with Crippen molar-refractivity contribution in [2.75, 3.05) is 26.3 Å². The Morgan fingerprint density at radius 1 is 1.35 bits per heavy atom. The van der Waals surface area contributed by atoms with Crippen molar-refractivity contribution >= 4 is 5.97 Å². The molecular weight excluding hydrogens is 258 g/mol. The van der Waals surface area contributed by atoms with Crippen molar-refractivity contribution in [2.45, 2.75) is 57.1 Å². The van der Waals surface area contributed by atoms with E-state index in [-0.39, 0.29) is 24.5 Å². The summed E-state index contributed by atoms with van der Waals surface area (Å²) in [5.74, 6) is -0.175. The second-order valence-corrected chi connectivity index (χ2v) is 6.20. The predicted octanol–water partition coefficient (Wildman–Crippen LogP) is 0.927. The molecule has 1 saturated carbocycles. The summed E-state index contributed by atoms with van der Waals surface area (Å²) in [4.78, 5) is 13.9. The number of β-amino-alcohol motifs (C(OH)–C–C–N with tert-alkyl or cyclic N) is 1. The summed E-state index contributed by atoms with van der Waals surface area (Å²) in [5.41, 5.74) is -0.708. The average Bonchev–Trinajstić information content (AvgIpc) is 2.86. The maximum absolute atomic E-state index is 11.7. The van der Waals surface area contributed by atoms with E-state index in [0.717, 1.165) is 19.4 Å². The van der Waals surface area contributed by atoms with Crippen molar-refractivity contribution in [3.05, 3.63) is 0 Å². The summed E-state index contributed by atoms with van der Waals surface area (Å²) < 4.78 is 5.05. The third kappa shape index (κ3) is 3.71. The molecule has 5 heteroatoms. The topological polar surface area (TPSA) is 70.0 Å². The fraction of sp³-hybridized carbons (Fsp3) is 0.933. The first-order valence-electron chi connectivity index (χ1n) is 7.82. The van der Waals surface area contributed by atoms with Gasteiger partial charge in [0, 0.05) is 12.6 Å². The van der Waals surface area contributed by atoms with Gasteiger partial charge in [0.2, 0.25) is 0 Å². The van der Waals surface area contributed by atoms with E-state index in [2.05, 4.69) is 4.90 Å². The zero-order valence-electron chi connectivity index (χ0n) is 12.4. The summed E-state index contributed by atoms with van der Waals surface area (Å²) in [5, 5.41) is 20.0. The summed E-state index contributed by atoms with van der Waals surface area (Å²) in [6, 6.07) is 0.196. The molecule has 0 amide bonds. The van der Waals surface area contributed by atoms with Crippen LogP contribution < -0.4 is 0 Å². The van der Waals surface area contributed by atoms with Crippen LogP contribution in [0.25, 0.3) is 0 Å². The Balaban J connectivity index is 1.83. The number of nitrogens with zero attached hydrogens (tertiary/aromatic N) is 1. The van der Waals surface area contributed by atoms with Crippen molar-refractivity contribution in [2.24, 2.45) is 5.92 Å². The van der Waals surface area contributed by atoms with Gasteiger partial charge in [0.05, 0.1) is 24.7 Å². The summed E-state index contributed by atoms with van der Waals surface area (Å²) in [6.45, 7) is 3.98. The maximum atomic E-state index is 11.7. The highest BCUT2D eigenvalue weighted by Gasteiger charge is 2.39. The standard InChI is InChI=1S/C15H27NO4/c1-2-20-14(18)12-5-7-15(19,8-6-12)11-16-9-3-4-13(16)10-17/h12-13,17,19H,2-11H2,1H3. The minimum absolute atomic E-state index is 0.0533. The summed E-state index contributed by atoms with van der Waals surface area (Å²) in [6.07, 6.45) is 4.79. The monoisotopic (exact) mass is 285 g/mol. The number of aliphatic hydroxyl groups excluding tert-OH is 1. The summed E-state index contributed by atoms with van der Waals surface area (Å²) >= 11 is 0. The van der Waals surface area contributed by atoms with E-state index >= 15 is 0 Å². The summed E-state index contributed by atoms with van der Waals surface area (Å²) in [7, 11) is 0. The molecule has 0 aromatic carbocycles. The molecule has 0 radical (unpaired) electrons. The molecule has 0 aromatic rings. The minimum Gasteiger partial charge on any atom is -0.466 e. The molecule has 2 aliphatic rings. The van der Waals surface area contributed by atoms with Crippen LogP contribution in [-0.2, 0) is 9.53 Å². The van der Waals surface area contributed by atoms with Crippen LogP contribution in [0.1, 0.15) is 45.4 Å². The van der Waals surface area contributed by atoms with Gasteiger partial charge in [0.15, 0.2) is 0 Å². The number of hydrogen-bond acceptors (Lipinski definition) is 5. The third-order valence-corrected chi connectivity index (χ3v) is 4.74. The lowest BCUT2D eigenvalue weighted by Crippen LogP contribution is -2.48.